The number of hydrogen-bond acceptors (Lipinski definition) is 6. The zero-order valence-electron chi connectivity index (χ0n) is 15.0. The van der Waals surface area contributed by atoms with Crippen molar-refractivity contribution in [2.45, 2.75) is 13.3 Å². The maximum absolute atomic E-state index is 13.0. The molecule has 0 saturated heterocycles. The molecule has 0 spiro atoms. The number of Topliss-reactive ketones (excluding diaryl/α,β-unsaturated/α-hetero) is 2. The summed E-state index contributed by atoms with van der Waals surface area (Å²) in [6.07, 6.45) is 1.96. The summed E-state index contributed by atoms with van der Waals surface area (Å²) < 4.78 is 5.44. The van der Waals surface area contributed by atoms with Crippen molar-refractivity contribution in [3.05, 3.63) is 87.4 Å². The fraction of sp³-hybridized carbons (Fsp3) is 0.143. The lowest BCUT2D eigenvalue weighted by Gasteiger charge is -2.24. The molecule has 2 aromatic carbocycles. The van der Waals surface area contributed by atoms with Crippen LogP contribution in [0.3, 0.4) is 0 Å². The molecular weight excluding hydrogens is 362 g/mol. The molecule has 28 heavy (non-hydrogen) atoms. The minimum absolute atomic E-state index is 0.0994. The van der Waals surface area contributed by atoms with E-state index in [4.69, 9.17) is 4.74 Å². The Labute approximate surface area is 160 Å². The largest absolute Gasteiger partial charge is 0.502 e. The van der Waals surface area contributed by atoms with E-state index in [-0.39, 0.29) is 17.0 Å². The first kappa shape index (κ1) is 19.0. The Balaban J connectivity index is 1.99. The first-order chi connectivity index (χ1) is 13.4. The van der Waals surface area contributed by atoms with E-state index in [2.05, 4.69) is 0 Å². The van der Waals surface area contributed by atoms with E-state index in [0.717, 1.165) is 5.56 Å². The molecule has 1 unspecified atom stereocenters. The molecule has 142 valence electrons. The van der Waals surface area contributed by atoms with E-state index in [1.807, 2.05) is 18.2 Å². The number of allylic oxidation sites excluding steroid dienone is 2. The van der Waals surface area contributed by atoms with Crippen LogP contribution < -0.4 is 4.74 Å². The van der Waals surface area contributed by atoms with Crippen molar-refractivity contribution in [2.75, 3.05) is 0 Å². The molecule has 1 aliphatic carbocycles. The highest BCUT2D eigenvalue weighted by molar-refractivity contribution is 6.21. The number of nitro benzene ring substituents is 1. The van der Waals surface area contributed by atoms with Gasteiger partial charge >= 0.3 is 0 Å². The number of ether oxygens (including phenoxy) is 1. The number of non-ortho nitro benzene ring substituents is 1. The molecule has 7 heteroatoms. The van der Waals surface area contributed by atoms with E-state index >= 15 is 0 Å². The number of aliphatic hydroxyl groups excluding tert-OH is 1. The summed E-state index contributed by atoms with van der Waals surface area (Å²) in [5.74, 6) is -3.07. The number of carbonyl (C=O) groups excluding carboxylic acids is 2. The summed E-state index contributed by atoms with van der Waals surface area (Å²) in [4.78, 5) is 35.7. The zero-order valence-corrected chi connectivity index (χ0v) is 15.0. The van der Waals surface area contributed by atoms with Gasteiger partial charge < -0.3 is 9.84 Å². The third kappa shape index (κ3) is 3.68. The first-order valence-electron chi connectivity index (χ1n) is 8.63. The fourth-order valence-corrected chi connectivity index (χ4v) is 2.96. The Kier molecular flexibility index (Phi) is 5.35. The van der Waals surface area contributed by atoms with Crippen LogP contribution in [0.4, 0.5) is 5.69 Å². The van der Waals surface area contributed by atoms with Crippen molar-refractivity contribution < 1.29 is 24.4 Å². The zero-order chi connectivity index (χ0) is 20.3. The summed E-state index contributed by atoms with van der Waals surface area (Å²) in [5, 5.41) is 21.0. The molecular formula is C21H17NO6. The van der Waals surface area contributed by atoms with Gasteiger partial charge in [-0.05, 0) is 30.2 Å². The van der Waals surface area contributed by atoms with Gasteiger partial charge in [-0.1, -0.05) is 37.3 Å². The molecule has 2 aromatic rings. The Hall–Kier alpha value is -3.74. The van der Waals surface area contributed by atoms with Gasteiger partial charge in [0.2, 0.25) is 23.1 Å². The second-order valence-corrected chi connectivity index (χ2v) is 6.20. The average Bonchev–Trinajstić information content (AvgIpc) is 2.71. The molecule has 0 fully saturated rings. The normalized spacial score (nSPS) is 18.5. The quantitative estimate of drug-likeness (QED) is 0.478. The lowest BCUT2D eigenvalue weighted by molar-refractivity contribution is -0.384. The van der Waals surface area contributed by atoms with Gasteiger partial charge in [0.25, 0.3) is 5.69 Å². The van der Waals surface area contributed by atoms with Gasteiger partial charge in [0, 0.05) is 17.7 Å². The minimum atomic E-state index is -0.767. The molecule has 3 rings (SSSR count). The number of aliphatic hydroxyl groups is 1. The van der Waals surface area contributed by atoms with E-state index in [9.17, 15) is 24.8 Å². The fourth-order valence-electron chi connectivity index (χ4n) is 2.96. The second kappa shape index (κ2) is 7.87. The van der Waals surface area contributed by atoms with E-state index in [0.29, 0.717) is 6.42 Å². The summed E-state index contributed by atoms with van der Waals surface area (Å²) >= 11 is 0. The Morgan fingerprint density at radius 2 is 1.75 bits per heavy atom. The van der Waals surface area contributed by atoms with Crippen LogP contribution in [0.25, 0.3) is 6.08 Å². The monoisotopic (exact) mass is 379 g/mol. The molecule has 1 atom stereocenters. The standard InChI is InChI=1S/C21H17NO6/c1-2-16-17(12-13-6-4-3-5-7-13)19(24)21(20(25)18(16)23)28-15-10-8-14(9-11-15)22(26)27/h3-12,16,25H,2H2,1H3/b17-12+. The third-order valence-corrected chi connectivity index (χ3v) is 4.41. The molecule has 0 bridgehead atoms. The minimum Gasteiger partial charge on any atom is -0.502 e. The van der Waals surface area contributed by atoms with Crippen LogP contribution in [0.2, 0.25) is 0 Å². The highest BCUT2D eigenvalue weighted by atomic mass is 16.6. The molecule has 1 N–H and O–H groups in total. The number of nitro groups is 1. The van der Waals surface area contributed by atoms with Crippen LogP contribution in [-0.2, 0) is 9.59 Å². The summed E-state index contributed by atoms with van der Waals surface area (Å²) in [5.41, 5.74) is 0.828. The lowest BCUT2D eigenvalue weighted by Crippen LogP contribution is -2.33. The first-order valence-corrected chi connectivity index (χ1v) is 8.63. The Bertz CT molecular complexity index is 989. The highest BCUT2D eigenvalue weighted by Crippen LogP contribution is 2.33. The van der Waals surface area contributed by atoms with Gasteiger partial charge in [-0.3, -0.25) is 19.7 Å². The molecule has 1 aliphatic rings. The van der Waals surface area contributed by atoms with Gasteiger partial charge in [0.15, 0.2) is 0 Å². The number of hydrogen-bond donors (Lipinski definition) is 1. The molecule has 0 saturated carbocycles. The van der Waals surface area contributed by atoms with E-state index in [1.165, 1.54) is 24.3 Å². The number of rotatable bonds is 5. The number of nitrogens with zero attached hydrogens (tertiary/aromatic N) is 1. The van der Waals surface area contributed by atoms with Crippen LogP contribution in [0.15, 0.2) is 71.7 Å². The third-order valence-electron chi connectivity index (χ3n) is 4.41. The van der Waals surface area contributed by atoms with Gasteiger partial charge in [-0.15, -0.1) is 0 Å². The molecule has 0 aliphatic heterocycles. The average molecular weight is 379 g/mol. The topological polar surface area (TPSA) is 107 Å². The molecule has 0 amide bonds. The lowest BCUT2D eigenvalue weighted by atomic mass is 9.82. The molecule has 7 nitrogen and oxygen atoms in total. The van der Waals surface area contributed by atoms with Gasteiger partial charge in [0.05, 0.1) is 10.8 Å². The van der Waals surface area contributed by atoms with Crippen LogP contribution in [0.5, 0.6) is 5.75 Å². The van der Waals surface area contributed by atoms with Crippen molar-refractivity contribution in [1.29, 1.82) is 0 Å². The summed E-state index contributed by atoms with van der Waals surface area (Å²) in [6, 6.07) is 14.1. The van der Waals surface area contributed by atoms with Crippen LogP contribution in [0, 0.1) is 16.0 Å². The SMILES string of the molecule is CCC1C(=O)C(O)=C(Oc2ccc([N+](=O)[O-])cc2)C(=O)/C1=C/c1ccccc1. The predicted molar refractivity (Wildman–Crippen MR) is 102 cm³/mol. The van der Waals surface area contributed by atoms with Crippen molar-refractivity contribution in [3.8, 4) is 5.75 Å². The van der Waals surface area contributed by atoms with Crippen molar-refractivity contribution in [1.82, 2.24) is 0 Å². The van der Waals surface area contributed by atoms with Crippen molar-refractivity contribution in [2.24, 2.45) is 5.92 Å². The molecule has 0 aromatic heterocycles. The van der Waals surface area contributed by atoms with Crippen molar-refractivity contribution in [3.63, 3.8) is 0 Å². The van der Waals surface area contributed by atoms with Crippen LogP contribution in [-0.4, -0.2) is 21.6 Å². The Morgan fingerprint density at radius 3 is 2.32 bits per heavy atom. The van der Waals surface area contributed by atoms with Gasteiger partial charge in [-0.2, -0.15) is 0 Å². The van der Waals surface area contributed by atoms with Gasteiger partial charge in [-0.25, -0.2) is 0 Å². The van der Waals surface area contributed by atoms with Crippen LogP contribution in [0.1, 0.15) is 18.9 Å². The summed E-state index contributed by atoms with van der Waals surface area (Å²) in [6.45, 7) is 1.75. The molecule has 0 heterocycles. The number of ketones is 2. The van der Waals surface area contributed by atoms with Gasteiger partial charge in [0.1, 0.15) is 5.75 Å². The molecule has 0 radical (unpaired) electrons. The Morgan fingerprint density at radius 1 is 1.11 bits per heavy atom. The summed E-state index contributed by atoms with van der Waals surface area (Å²) in [7, 11) is 0. The maximum Gasteiger partial charge on any atom is 0.269 e. The second-order valence-electron chi connectivity index (χ2n) is 6.20. The number of carbonyl (C=O) groups is 2. The number of benzene rings is 2. The van der Waals surface area contributed by atoms with E-state index in [1.54, 1.807) is 25.1 Å². The van der Waals surface area contributed by atoms with Crippen LogP contribution >= 0.6 is 0 Å². The smallest absolute Gasteiger partial charge is 0.269 e. The maximum atomic E-state index is 13.0. The predicted octanol–water partition coefficient (Wildman–Crippen LogP) is 4.00. The highest BCUT2D eigenvalue weighted by Gasteiger charge is 2.40. The van der Waals surface area contributed by atoms with E-state index < -0.39 is 33.9 Å². The van der Waals surface area contributed by atoms with Crippen molar-refractivity contribution >= 4 is 23.3 Å².